The van der Waals surface area contributed by atoms with Crippen LogP contribution in [0.2, 0.25) is 10.0 Å². The first kappa shape index (κ1) is 20.1. The number of phenols is 2. The number of aliphatic imine (C=N–C) groups is 1. The maximum absolute atomic E-state index is 12.5. The van der Waals surface area contributed by atoms with Crippen LogP contribution in [0.4, 0.5) is 0 Å². The van der Waals surface area contributed by atoms with Crippen LogP contribution < -0.4 is 0 Å². The van der Waals surface area contributed by atoms with E-state index in [4.69, 9.17) is 27.9 Å². The maximum Gasteiger partial charge on any atom is 0.319 e. The molecule has 7 heteroatoms. The first-order valence-electron chi connectivity index (χ1n) is 7.98. The smallest absolute Gasteiger partial charge is 0.319 e. The van der Waals surface area contributed by atoms with Crippen molar-refractivity contribution in [2.45, 2.75) is 26.3 Å². The fraction of sp³-hybridized carbons (Fsp3) is 0.263. The zero-order valence-corrected chi connectivity index (χ0v) is 15.9. The van der Waals surface area contributed by atoms with E-state index in [9.17, 15) is 15.0 Å². The number of phenolic OH excluding ortho intramolecular Hbond substituents is 2. The van der Waals surface area contributed by atoms with Gasteiger partial charge in [-0.1, -0.05) is 53.5 Å². The van der Waals surface area contributed by atoms with Gasteiger partial charge in [-0.05, 0) is 25.5 Å². The average molecular weight is 396 g/mol. The predicted molar refractivity (Wildman–Crippen MR) is 102 cm³/mol. The lowest BCUT2D eigenvalue weighted by atomic mass is 9.93. The van der Waals surface area contributed by atoms with Crippen LogP contribution in [0, 0.1) is 0 Å². The molecule has 0 fully saturated rings. The molecular formula is C19H19Cl2NO4. The van der Waals surface area contributed by atoms with Crippen molar-refractivity contribution >= 4 is 34.9 Å². The fourth-order valence-electron chi connectivity index (χ4n) is 2.48. The Hall–Kier alpha value is -2.24. The molecule has 0 spiro atoms. The second-order valence-corrected chi connectivity index (χ2v) is 6.35. The number of rotatable bonds is 6. The molecule has 138 valence electrons. The van der Waals surface area contributed by atoms with E-state index in [1.165, 1.54) is 6.07 Å². The van der Waals surface area contributed by atoms with E-state index in [1.807, 2.05) is 30.3 Å². The molecule has 2 aromatic rings. The van der Waals surface area contributed by atoms with Crippen LogP contribution in [0.25, 0.3) is 0 Å². The quantitative estimate of drug-likeness (QED) is 0.421. The molecule has 2 aromatic carbocycles. The summed E-state index contributed by atoms with van der Waals surface area (Å²) in [5.74, 6) is -2.34. The molecule has 0 aliphatic carbocycles. The van der Waals surface area contributed by atoms with Gasteiger partial charge in [-0.2, -0.15) is 0 Å². The van der Waals surface area contributed by atoms with Crippen LogP contribution in [-0.4, -0.2) is 28.5 Å². The second kappa shape index (κ2) is 8.92. The SMILES string of the molecule is CCOC(=O)[C@@H](C(C)=NCc1ccccc1)c1cc(O)c(Cl)c(Cl)c1O. The Labute approximate surface area is 161 Å². The molecular weight excluding hydrogens is 377 g/mol. The molecule has 0 radical (unpaired) electrons. The van der Waals surface area contributed by atoms with Gasteiger partial charge >= 0.3 is 5.97 Å². The number of halogens is 2. The normalized spacial score (nSPS) is 12.7. The molecule has 0 aliphatic heterocycles. The molecule has 0 aliphatic rings. The number of nitrogens with zero attached hydrogens (tertiary/aromatic N) is 1. The largest absolute Gasteiger partial charge is 0.506 e. The van der Waals surface area contributed by atoms with Crippen LogP contribution in [-0.2, 0) is 16.1 Å². The van der Waals surface area contributed by atoms with Crippen LogP contribution >= 0.6 is 23.2 Å². The van der Waals surface area contributed by atoms with Gasteiger partial charge in [-0.25, -0.2) is 0 Å². The molecule has 0 amide bonds. The number of hydrogen-bond acceptors (Lipinski definition) is 5. The predicted octanol–water partition coefficient (Wildman–Crippen LogP) is 4.71. The van der Waals surface area contributed by atoms with E-state index in [0.717, 1.165) is 5.56 Å². The number of carbonyl (C=O) groups is 1. The minimum Gasteiger partial charge on any atom is -0.506 e. The van der Waals surface area contributed by atoms with Gasteiger partial charge in [-0.15, -0.1) is 0 Å². The summed E-state index contributed by atoms with van der Waals surface area (Å²) in [7, 11) is 0. The molecule has 5 nitrogen and oxygen atoms in total. The van der Waals surface area contributed by atoms with E-state index in [2.05, 4.69) is 4.99 Å². The first-order chi connectivity index (χ1) is 12.4. The van der Waals surface area contributed by atoms with Gasteiger partial charge in [0.1, 0.15) is 27.5 Å². The number of benzene rings is 2. The van der Waals surface area contributed by atoms with Crippen molar-refractivity contribution in [2.75, 3.05) is 6.61 Å². The van der Waals surface area contributed by atoms with Crippen molar-refractivity contribution < 1.29 is 19.7 Å². The molecule has 0 saturated heterocycles. The third-order valence-electron chi connectivity index (χ3n) is 3.80. The van der Waals surface area contributed by atoms with Gasteiger partial charge in [0.05, 0.1) is 13.2 Å². The summed E-state index contributed by atoms with van der Waals surface area (Å²) in [5.41, 5.74) is 1.47. The molecule has 0 aromatic heterocycles. The summed E-state index contributed by atoms with van der Waals surface area (Å²) in [6.45, 7) is 3.85. The lowest BCUT2D eigenvalue weighted by Crippen LogP contribution is -2.23. The molecule has 26 heavy (non-hydrogen) atoms. The van der Waals surface area contributed by atoms with Crippen LogP contribution in [0.3, 0.4) is 0 Å². The number of esters is 1. The van der Waals surface area contributed by atoms with E-state index in [0.29, 0.717) is 12.3 Å². The minimum absolute atomic E-state index is 0.0876. The molecule has 0 saturated carbocycles. The van der Waals surface area contributed by atoms with Crippen molar-refractivity contribution in [3.8, 4) is 11.5 Å². The maximum atomic E-state index is 12.5. The Bertz CT molecular complexity index is 822. The number of ether oxygens (including phenoxy) is 1. The first-order valence-corrected chi connectivity index (χ1v) is 8.73. The summed E-state index contributed by atoms with van der Waals surface area (Å²) in [4.78, 5) is 16.9. The van der Waals surface area contributed by atoms with Gasteiger partial charge in [0.25, 0.3) is 0 Å². The highest BCUT2D eigenvalue weighted by Crippen LogP contribution is 2.43. The molecule has 2 rings (SSSR count). The summed E-state index contributed by atoms with van der Waals surface area (Å²) < 4.78 is 5.11. The van der Waals surface area contributed by atoms with Crippen molar-refractivity contribution in [1.82, 2.24) is 0 Å². The Morgan fingerprint density at radius 1 is 1.19 bits per heavy atom. The van der Waals surface area contributed by atoms with Gasteiger partial charge < -0.3 is 14.9 Å². The van der Waals surface area contributed by atoms with Crippen molar-refractivity contribution in [2.24, 2.45) is 4.99 Å². The number of hydrogen-bond donors (Lipinski definition) is 2. The van der Waals surface area contributed by atoms with E-state index in [-0.39, 0.29) is 33.7 Å². The monoisotopic (exact) mass is 395 g/mol. The van der Waals surface area contributed by atoms with Crippen LogP contribution in [0.5, 0.6) is 11.5 Å². The third kappa shape index (κ3) is 4.48. The number of carbonyl (C=O) groups excluding carboxylic acids is 1. The number of aromatic hydroxyl groups is 2. The Kier molecular flexibility index (Phi) is 6.89. The summed E-state index contributed by atoms with van der Waals surface area (Å²) in [6.07, 6.45) is 0. The Balaban J connectivity index is 2.46. The second-order valence-electron chi connectivity index (χ2n) is 5.59. The fourth-order valence-corrected chi connectivity index (χ4v) is 2.83. The van der Waals surface area contributed by atoms with Gasteiger partial charge in [0, 0.05) is 11.3 Å². The van der Waals surface area contributed by atoms with Crippen molar-refractivity contribution in [3.05, 3.63) is 57.6 Å². The van der Waals surface area contributed by atoms with Gasteiger partial charge in [-0.3, -0.25) is 9.79 Å². The molecule has 0 heterocycles. The third-order valence-corrected chi connectivity index (χ3v) is 4.64. The highest BCUT2D eigenvalue weighted by molar-refractivity contribution is 6.44. The standard InChI is InChI=1S/C19H19Cl2NO4/c1-3-26-19(25)15(11(2)22-10-12-7-5-4-6-8-12)13-9-14(23)16(20)17(21)18(13)24/h4-9,15,23-24H,3,10H2,1-2H3/t15-/m0/s1. The highest BCUT2D eigenvalue weighted by Gasteiger charge is 2.30. The molecule has 0 unspecified atom stereocenters. The Morgan fingerprint density at radius 2 is 1.85 bits per heavy atom. The minimum atomic E-state index is -1.01. The average Bonchev–Trinajstić information content (AvgIpc) is 2.63. The van der Waals surface area contributed by atoms with Crippen molar-refractivity contribution in [3.63, 3.8) is 0 Å². The highest BCUT2D eigenvalue weighted by atomic mass is 35.5. The summed E-state index contributed by atoms with van der Waals surface area (Å²) in [5, 5.41) is 19.9. The lowest BCUT2D eigenvalue weighted by Gasteiger charge is -2.19. The zero-order valence-electron chi connectivity index (χ0n) is 14.4. The van der Waals surface area contributed by atoms with E-state index < -0.39 is 11.9 Å². The molecule has 0 bridgehead atoms. The van der Waals surface area contributed by atoms with E-state index >= 15 is 0 Å². The van der Waals surface area contributed by atoms with Crippen LogP contribution in [0.15, 0.2) is 41.4 Å². The van der Waals surface area contributed by atoms with Gasteiger partial charge in [0.15, 0.2) is 0 Å². The van der Waals surface area contributed by atoms with E-state index in [1.54, 1.807) is 13.8 Å². The Morgan fingerprint density at radius 3 is 2.46 bits per heavy atom. The lowest BCUT2D eigenvalue weighted by molar-refractivity contribution is -0.143. The topological polar surface area (TPSA) is 79.1 Å². The molecule has 1 atom stereocenters. The van der Waals surface area contributed by atoms with Crippen molar-refractivity contribution in [1.29, 1.82) is 0 Å². The summed E-state index contributed by atoms with van der Waals surface area (Å²) >= 11 is 11.8. The molecule has 2 N–H and O–H groups in total. The zero-order chi connectivity index (χ0) is 19.3. The van der Waals surface area contributed by atoms with Gasteiger partial charge in [0.2, 0.25) is 0 Å². The van der Waals surface area contributed by atoms with Crippen LogP contribution in [0.1, 0.15) is 30.9 Å². The summed E-state index contributed by atoms with van der Waals surface area (Å²) in [6, 6.07) is 10.7.